The Kier molecular flexibility index (Phi) is 6.55. The quantitative estimate of drug-likeness (QED) is 0.413. The van der Waals surface area contributed by atoms with E-state index in [0.29, 0.717) is 29.6 Å². The number of anilines is 2. The number of piperidine rings is 1. The van der Waals surface area contributed by atoms with Crippen molar-refractivity contribution in [1.82, 2.24) is 39.6 Å². The molecule has 1 fully saturated rings. The van der Waals surface area contributed by atoms with Gasteiger partial charge in [0.05, 0.1) is 30.4 Å². The Hall–Kier alpha value is -4.02. The van der Waals surface area contributed by atoms with Gasteiger partial charge in [-0.25, -0.2) is 4.98 Å². The summed E-state index contributed by atoms with van der Waals surface area (Å²) in [5, 5.41) is 16.1. The molecule has 0 unspecified atom stereocenters. The van der Waals surface area contributed by atoms with Crippen LogP contribution in [0.5, 0.6) is 5.75 Å². The fraction of sp³-hybridized carbons (Fsp3) is 0.417. The Morgan fingerprint density at radius 2 is 1.97 bits per heavy atom. The monoisotopic (exact) mass is 475 g/mol. The van der Waals surface area contributed by atoms with Gasteiger partial charge in [0, 0.05) is 32.8 Å². The van der Waals surface area contributed by atoms with Crippen LogP contribution >= 0.6 is 0 Å². The Bertz CT molecular complexity index is 1290. The zero-order valence-corrected chi connectivity index (χ0v) is 20.0. The first-order valence-corrected chi connectivity index (χ1v) is 12.0. The van der Waals surface area contributed by atoms with Crippen LogP contribution in [0.25, 0.3) is 16.9 Å². The largest absolute Gasteiger partial charge is 0.494 e. The minimum absolute atomic E-state index is 0.171. The van der Waals surface area contributed by atoms with Gasteiger partial charge in [-0.2, -0.15) is 14.8 Å². The molecule has 0 radical (unpaired) electrons. The lowest BCUT2D eigenvalue weighted by Crippen LogP contribution is -2.37. The normalized spacial score (nSPS) is 14.4. The molecule has 0 saturated carbocycles. The van der Waals surface area contributed by atoms with Crippen molar-refractivity contribution in [3.8, 4) is 11.4 Å². The molecule has 11 heteroatoms. The van der Waals surface area contributed by atoms with Crippen molar-refractivity contribution in [1.29, 1.82) is 0 Å². The first kappa shape index (κ1) is 22.8. The maximum atomic E-state index is 11.5. The van der Waals surface area contributed by atoms with Crippen LogP contribution in [0.3, 0.4) is 0 Å². The molecule has 1 amide bonds. The molecule has 0 spiro atoms. The van der Waals surface area contributed by atoms with Gasteiger partial charge in [0.15, 0.2) is 11.2 Å². The molecule has 11 nitrogen and oxygen atoms in total. The molecular weight excluding hydrogens is 446 g/mol. The summed E-state index contributed by atoms with van der Waals surface area (Å²) in [7, 11) is 0. The number of nitrogens with zero attached hydrogens (tertiary/aromatic N) is 8. The molecule has 5 rings (SSSR count). The first-order chi connectivity index (χ1) is 17.1. The van der Waals surface area contributed by atoms with E-state index in [0.717, 1.165) is 56.0 Å². The molecule has 4 heterocycles. The van der Waals surface area contributed by atoms with E-state index in [1.165, 1.54) is 0 Å². The Morgan fingerprint density at radius 3 is 2.71 bits per heavy atom. The molecular formula is C24H29N9O2. The van der Waals surface area contributed by atoms with Crippen molar-refractivity contribution in [3.05, 3.63) is 42.9 Å². The fourth-order valence-electron chi connectivity index (χ4n) is 4.34. The second kappa shape index (κ2) is 10.1. The van der Waals surface area contributed by atoms with Crippen molar-refractivity contribution in [3.63, 3.8) is 0 Å². The average molecular weight is 476 g/mol. The van der Waals surface area contributed by atoms with Crippen LogP contribution in [0.2, 0.25) is 0 Å². The molecule has 1 aliphatic heterocycles. The number of benzene rings is 1. The van der Waals surface area contributed by atoms with Gasteiger partial charge in [-0.05, 0) is 56.4 Å². The molecule has 4 aromatic rings. The standard InChI is InChI=1S/C24H29N9O2/c1-3-35-21-6-4-20(5-7-21)33-23-22(29-30-33)15-25-24(28-23)27-19-14-26-32(16-19)13-10-18-8-11-31(12-9-18)17(2)34/h4-7,14-16,18H,3,8-13H2,1-2H3,(H,25,27,28). The summed E-state index contributed by atoms with van der Waals surface area (Å²) in [6.07, 6.45) is 8.53. The van der Waals surface area contributed by atoms with Crippen LogP contribution in [0, 0.1) is 5.92 Å². The van der Waals surface area contributed by atoms with E-state index in [-0.39, 0.29) is 5.91 Å². The van der Waals surface area contributed by atoms with E-state index >= 15 is 0 Å². The molecule has 1 aromatic carbocycles. The van der Waals surface area contributed by atoms with Gasteiger partial charge in [-0.15, -0.1) is 5.10 Å². The summed E-state index contributed by atoms with van der Waals surface area (Å²) in [6.45, 7) is 6.76. The molecule has 1 aliphatic rings. The molecule has 1 N–H and O–H groups in total. The van der Waals surface area contributed by atoms with Crippen molar-refractivity contribution in [2.75, 3.05) is 25.0 Å². The number of amides is 1. The van der Waals surface area contributed by atoms with E-state index in [9.17, 15) is 4.79 Å². The third-order valence-corrected chi connectivity index (χ3v) is 6.30. The van der Waals surface area contributed by atoms with E-state index in [4.69, 9.17) is 4.74 Å². The summed E-state index contributed by atoms with van der Waals surface area (Å²) in [4.78, 5) is 22.4. The zero-order chi connectivity index (χ0) is 24.2. The number of aryl methyl sites for hydroxylation is 1. The Morgan fingerprint density at radius 1 is 1.17 bits per heavy atom. The van der Waals surface area contributed by atoms with E-state index in [1.54, 1.807) is 24.0 Å². The van der Waals surface area contributed by atoms with Gasteiger partial charge in [0.1, 0.15) is 5.75 Å². The topological polar surface area (TPSA) is 116 Å². The second-order valence-corrected chi connectivity index (χ2v) is 8.69. The molecule has 0 bridgehead atoms. The number of hydrogen-bond donors (Lipinski definition) is 1. The molecule has 1 saturated heterocycles. The van der Waals surface area contributed by atoms with Crippen molar-refractivity contribution >= 4 is 28.7 Å². The summed E-state index contributed by atoms with van der Waals surface area (Å²) < 4.78 is 9.13. The highest BCUT2D eigenvalue weighted by Gasteiger charge is 2.20. The minimum atomic E-state index is 0.171. The molecule has 182 valence electrons. The number of rotatable bonds is 8. The smallest absolute Gasteiger partial charge is 0.229 e. The lowest BCUT2D eigenvalue weighted by atomic mass is 9.93. The van der Waals surface area contributed by atoms with E-state index in [2.05, 4.69) is 30.7 Å². The lowest BCUT2D eigenvalue weighted by Gasteiger charge is -2.31. The van der Waals surface area contributed by atoms with Crippen molar-refractivity contribution in [2.45, 2.75) is 39.7 Å². The van der Waals surface area contributed by atoms with Gasteiger partial charge < -0.3 is 15.0 Å². The predicted octanol–water partition coefficient (Wildman–Crippen LogP) is 3.20. The van der Waals surface area contributed by atoms with Gasteiger partial charge in [-0.1, -0.05) is 5.21 Å². The maximum Gasteiger partial charge on any atom is 0.229 e. The summed E-state index contributed by atoms with van der Waals surface area (Å²) >= 11 is 0. The maximum absolute atomic E-state index is 11.5. The van der Waals surface area contributed by atoms with E-state index in [1.807, 2.05) is 47.0 Å². The Balaban J connectivity index is 1.22. The lowest BCUT2D eigenvalue weighted by molar-refractivity contribution is -0.130. The van der Waals surface area contributed by atoms with Gasteiger partial charge in [-0.3, -0.25) is 9.48 Å². The minimum Gasteiger partial charge on any atom is -0.494 e. The molecule has 0 aliphatic carbocycles. The third-order valence-electron chi connectivity index (χ3n) is 6.30. The number of likely N-dealkylation sites (tertiary alicyclic amines) is 1. The van der Waals surface area contributed by atoms with Gasteiger partial charge in [0.25, 0.3) is 0 Å². The summed E-state index contributed by atoms with van der Waals surface area (Å²) in [5.41, 5.74) is 2.87. The number of aromatic nitrogens is 7. The van der Waals surface area contributed by atoms with Crippen LogP contribution in [0.4, 0.5) is 11.6 Å². The summed E-state index contributed by atoms with van der Waals surface area (Å²) in [6, 6.07) is 7.63. The number of carbonyl (C=O) groups is 1. The SMILES string of the molecule is CCOc1ccc(-n2nnc3cnc(Nc4cnn(CCC5CCN(C(C)=O)CC5)c4)nc32)cc1. The Labute approximate surface area is 203 Å². The van der Waals surface area contributed by atoms with Crippen LogP contribution in [-0.2, 0) is 11.3 Å². The van der Waals surface area contributed by atoms with Crippen LogP contribution in [-0.4, -0.2) is 65.2 Å². The van der Waals surface area contributed by atoms with Crippen molar-refractivity contribution < 1.29 is 9.53 Å². The highest BCUT2D eigenvalue weighted by Crippen LogP contribution is 2.22. The number of carbonyl (C=O) groups excluding carboxylic acids is 1. The van der Waals surface area contributed by atoms with Gasteiger partial charge >= 0.3 is 0 Å². The highest BCUT2D eigenvalue weighted by atomic mass is 16.5. The molecule has 3 aromatic heterocycles. The zero-order valence-electron chi connectivity index (χ0n) is 20.0. The predicted molar refractivity (Wildman–Crippen MR) is 131 cm³/mol. The van der Waals surface area contributed by atoms with Crippen LogP contribution in [0.1, 0.15) is 33.1 Å². The van der Waals surface area contributed by atoms with Crippen LogP contribution < -0.4 is 10.1 Å². The van der Waals surface area contributed by atoms with Crippen molar-refractivity contribution in [2.24, 2.45) is 5.92 Å². The summed E-state index contributed by atoms with van der Waals surface area (Å²) in [5.74, 6) is 2.04. The molecule has 35 heavy (non-hydrogen) atoms. The molecule has 0 atom stereocenters. The fourth-order valence-corrected chi connectivity index (χ4v) is 4.34. The number of hydrogen-bond acceptors (Lipinski definition) is 8. The first-order valence-electron chi connectivity index (χ1n) is 12.0. The number of fused-ring (bicyclic) bond motifs is 1. The third kappa shape index (κ3) is 5.23. The van der Waals surface area contributed by atoms with E-state index < -0.39 is 0 Å². The highest BCUT2D eigenvalue weighted by molar-refractivity contribution is 5.73. The second-order valence-electron chi connectivity index (χ2n) is 8.69. The number of ether oxygens (including phenoxy) is 1. The van der Waals surface area contributed by atoms with Crippen LogP contribution in [0.15, 0.2) is 42.9 Å². The number of nitrogens with one attached hydrogen (secondary N) is 1. The van der Waals surface area contributed by atoms with Gasteiger partial charge in [0.2, 0.25) is 11.9 Å². The average Bonchev–Trinajstić information content (AvgIpc) is 3.50.